The Kier molecular flexibility index (Phi) is 7.52. The lowest BCUT2D eigenvalue weighted by Crippen LogP contribution is -2.34. The lowest BCUT2D eigenvalue weighted by atomic mass is 10.3. The summed E-state index contributed by atoms with van der Waals surface area (Å²) in [5, 5.41) is 13.1. The van der Waals surface area contributed by atoms with Crippen molar-refractivity contribution in [2.75, 3.05) is 18.5 Å². The van der Waals surface area contributed by atoms with Crippen molar-refractivity contribution >= 4 is 17.3 Å². The summed E-state index contributed by atoms with van der Waals surface area (Å²) >= 11 is 0. The van der Waals surface area contributed by atoms with Crippen molar-refractivity contribution in [1.82, 2.24) is 15.0 Å². The molecule has 176 valence electrons. The third-order valence-corrected chi connectivity index (χ3v) is 3.33. The number of benzene rings is 1. The Morgan fingerprint density at radius 2 is 1.44 bits per heavy atom. The highest BCUT2D eigenvalue weighted by Gasteiger charge is 2.43. The van der Waals surface area contributed by atoms with Gasteiger partial charge in [0.1, 0.15) is 0 Å². The van der Waals surface area contributed by atoms with E-state index < -0.39 is 66.5 Å². The van der Waals surface area contributed by atoms with Crippen LogP contribution in [0.5, 0.6) is 12.0 Å². The van der Waals surface area contributed by atoms with Crippen LogP contribution in [0.3, 0.4) is 0 Å². The van der Waals surface area contributed by atoms with Crippen LogP contribution in [0.25, 0.3) is 0 Å². The molecule has 0 radical (unpaired) electrons. The predicted octanol–water partition coefficient (Wildman–Crippen LogP) is 4.08. The highest BCUT2D eigenvalue weighted by molar-refractivity contribution is 5.57. The van der Waals surface area contributed by atoms with Gasteiger partial charge in [-0.05, 0) is 6.07 Å². The third-order valence-electron chi connectivity index (χ3n) is 3.33. The number of ether oxygens (including phenoxy) is 2. The Labute approximate surface area is 172 Å². The van der Waals surface area contributed by atoms with E-state index in [2.05, 4.69) is 29.7 Å². The molecule has 0 aliphatic rings. The van der Waals surface area contributed by atoms with E-state index >= 15 is 0 Å². The van der Waals surface area contributed by atoms with Gasteiger partial charge in [-0.2, -0.15) is 27.5 Å². The summed E-state index contributed by atoms with van der Waals surface area (Å²) in [5.74, 6) is -9.94. The monoisotopic (exact) mass is 477 g/mol. The van der Waals surface area contributed by atoms with E-state index in [1.165, 1.54) is 12.1 Å². The first-order valence-electron chi connectivity index (χ1n) is 8.15. The minimum absolute atomic E-state index is 0.0573. The molecule has 0 spiro atoms. The maximum atomic E-state index is 13.1. The number of hydrogen-bond acceptors (Lipinski definition) is 8. The standard InChI is InChI=1S/C15H11F8N5O4/c16-9(17)14(20,21)5-31-12-25-11(24-7-2-1-3-8(4-7)28(29)30)26-13(27-12)32-6-15(22,23)10(18)19/h1-4,9-10H,5-6H2,(H,24,25,26,27). The van der Waals surface area contributed by atoms with E-state index in [0.29, 0.717) is 0 Å². The number of halogens is 8. The molecule has 1 N–H and O–H groups in total. The van der Waals surface area contributed by atoms with Gasteiger partial charge in [-0.1, -0.05) is 6.07 Å². The maximum absolute atomic E-state index is 13.1. The van der Waals surface area contributed by atoms with Crippen LogP contribution in [0.15, 0.2) is 24.3 Å². The maximum Gasteiger partial charge on any atom is 0.340 e. The van der Waals surface area contributed by atoms with Gasteiger partial charge < -0.3 is 14.8 Å². The van der Waals surface area contributed by atoms with Gasteiger partial charge in [-0.3, -0.25) is 10.1 Å². The number of aromatic nitrogens is 3. The Hall–Kier alpha value is -3.53. The van der Waals surface area contributed by atoms with E-state index in [4.69, 9.17) is 0 Å². The molecule has 0 bridgehead atoms. The molecular weight excluding hydrogens is 466 g/mol. The molecule has 0 fully saturated rings. The van der Waals surface area contributed by atoms with Gasteiger partial charge in [0.2, 0.25) is 5.95 Å². The molecule has 2 aromatic rings. The van der Waals surface area contributed by atoms with Gasteiger partial charge >= 0.3 is 36.7 Å². The van der Waals surface area contributed by atoms with Crippen molar-refractivity contribution in [3.63, 3.8) is 0 Å². The molecule has 9 nitrogen and oxygen atoms in total. The zero-order valence-electron chi connectivity index (χ0n) is 15.3. The smallest absolute Gasteiger partial charge is 0.340 e. The van der Waals surface area contributed by atoms with Crippen LogP contribution < -0.4 is 14.8 Å². The first-order valence-corrected chi connectivity index (χ1v) is 8.15. The second-order valence-electron chi connectivity index (χ2n) is 5.86. The summed E-state index contributed by atoms with van der Waals surface area (Å²) in [4.78, 5) is 20.1. The largest absolute Gasteiger partial charge is 0.457 e. The third kappa shape index (κ3) is 6.74. The second kappa shape index (κ2) is 9.73. The summed E-state index contributed by atoms with van der Waals surface area (Å²) in [6, 6.07) is 2.35. The number of nitrogens with zero attached hydrogens (tertiary/aromatic N) is 4. The minimum Gasteiger partial charge on any atom is -0.457 e. The average Bonchev–Trinajstić information content (AvgIpc) is 2.71. The molecule has 0 unspecified atom stereocenters. The highest BCUT2D eigenvalue weighted by Crippen LogP contribution is 2.27. The molecule has 0 aliphatic carbocycles. The predicted molar refractivity (Wildman–Crippen MR) is 89.1 cm³/mol. The summed E-state index contributed by atoms with van der Waals surface area (Å²) in [7, 11) is 0. The summed E-state index contributed by atoms with van der Waals surface area (Å²) in [6.07, 6.45) is -8.24. The lowest BCUT2D eigenvalue weighted by Gasteiger charge is -2.17. The quantitative estimate of drug-likeness (QED) is 0.293. The molecule has 0 saturated carbocycles. The van der Waals surface area contributed by atoms with Crippen molar-refractivity contribution in [2.45, 2.75) is 24.7 Å². The highest BCUT2D eigenvalue weighted by atomic mass is 19.3. The molecule has 0 aliphatic heterocycles. The Morgan fingerprint density at radius 3 is 1.88 bits per heavy atom. The Morgan fingerprint density at radius 1 is 0.938 bits per heavy atom. The number of nitro groups is 1. The van der Waals surface area contributed by atoms with Crippen LogP contribution in [0.2, 0.25) is 0 Å². The summed E-state index contributed by atoms with van der Waals surface area (Å²) in [5.41, 5.74) is -0.455. The van der Waals surface area contributed by atoms with Crippen molar-refractivity contribution in [1.29, 1.82) is 0 Å². The second-order valence-corrected chi connectivity index (χ2v) is 5.86. The zero-order valence-corrected chi connectivity index (χ0v) is 15.3. The molecule has 1 aromatic carbocycles. The Balaban J connectivity index is 2.30. The van der Waals surface area contributed by atoms with Crippen molar-refractivity contribution < 1.29 is 49.5 Å². The fourth-order valence-electron chi connectivity index (χ4n) is 1.80. The van der Waals surface area contributed by atoms with Crippen LogP contribution in [-0.2, 0) is 0 Å². The zero-order chi connectivity index (χ0) is 24.1. The van der Waals surface area contributed by atoms with E-state index in [9.17, 15) is 45.2 Å². The van der Waals surface area contributed by atoms with E-state index in [1.807, 2.05) is 0 Å². The first kappa shape index (κ1) is 24.7. The molecule has 1 aromatic heterocycles. The number of rotatable bonds is 11. The summed E-state index contributed by atoms with van der Waals surface area (Å²) in [6.45, 7) is -3.87. The van der Waals surface area contributed by atoms with Gasteiger partial charge in [0.05, 0.1) is 4.92 Å². The number of non-ortho nitro benzene ring substituents is 1. The minimum atomic E-state index is -4.63. The number of nitro benzene ring substituents is 1. The normalized spacial score (nSPS) is 12.2. The van der Waals surface area contributed by atoms with Crippen LogP contribution in [-0.4, -0.2) is 57.8 Å². The average molecular weight is 477 g/mol. The number of anilines is 2. The van der Waals surface area contributed by atoms with Gasteiger partial charge in [0, 0.05) is 17.8 Å². The molecule has 0 saturated heterocycles. The molecular formula is C15H11F8N5O4. The van der Waals surface area contributed by atoms with Crippen LogP contribution >= 0.6 is 0 Å². The van der Waals surface area contributed by atoms with Crippen molar-refractivity contribution in [2.24, 2.45) is 0 Å². The van der Waals surface area contributed by atoms with Crippen molar-refractivity contribution in [3.05, 3.63) is 34.4 Å². The van der Waals surface area contributed by atoms with E-state index in [0.717, 1.165) is 12.1 Å². The molecule has 17 heteroatoms. The number of hydrogen-bond donors (Lipinski definition) is 1. The van der Waals surface area contributed by atoms with E-state index in [-0.39, 0.29) is 5.69 Å². The number of alkyl halides is 8. The molecule has 0 amide bonds. The summed E-state index contributed by atoms with van der Waals surface area (Å²) < 4.78 is 110. The van der Waals surface area contributed by atoms with Gasteiger partial charge in [-0.15, -0.1) is 4.98 Å². The van der Waals surface area contributed by atoms with Gasteiger partial charge in [0.15, 0.2) is 13.2 Å². The fraction of sp³-hybridized carbons (Fsp3) is 0.400. The Bertz CT molecular complexity index is 908. The molecule has 1 heterocycles. The van der Waals surface area contributed by atoms with Gasteiger partial charge in [-0.25, -0.2) is 17.6 Å². The first-order chi connectivity index (χ1) is 14.8. The number of nitrogens with one attached hydrogen (secondary N) is 1. The molecule has 2 rings (SSSR count). The van der Waals surface area contributed by atoms with Crippen LogP contribution in [0, 0.1) is 10.1 Å². The van der Waals surface area contributed by atoms with Crippen LogP contribution in [0.4, 0.5) is 52.4 Å². The van der Waals surface area contributed by atoms with E-state index in [1.54, 1.807) is 0 Å². The molecule has 0 atom stereocenters. The van der Waals surface area contributed by atoms with Gasteiger partial charge in [0.25, 0.3) is 5.69 Å². The van der Waals surface area contributed by atoms with Crippen molar-refractivity contribution in [3.8, 4) is 12.0 Å². The fourth-order valence-corrected chi connectivity index (χ4v) is 1.80. The SMILES string of the molecule is O=[N+]([O-])c1cccc(Nc2nc(OCC(F)(F)C(F)F)nc(OCC(F)(F)C(F)F)n2)c1. The van der Waals surface area contributed by atoms with Crippen LogP contribution in [0.1, 0.15) is 0 Å². The lowest BCUT2D eigenvalue weighted by molar-refractivity contribution is -0.384. The topological polar surface area (TPSA) is 112 Å². The molecule has 32 heavy (non-hydrogen) atoms.